The van der Waals surface area contributed by atoms with Gasteiger partial charge in [0.15, 0.2) is 0 Å². The smallest absolute Gasteiger partial charge is 0.227 e. The van der Waals surface area contributed by atoms with Crippen molar-refractivity contribution < 1.29 is 0 Å². The number of rotatable bonds is 2. The summed E-state index contributed by atoms with van der Waals surface area (Å²) in [7, 11) is 0. The van der Waals surface area contributed by atoms with Gasteiger partial charge in [-0.1, -0.05) is 17.7 Å². The van der Waals surface area contributed by atoms with Crippen LogP contribution in [-0.4, -0.2) is 15.0 Å². The largest absolute Gasteiger partial charge is 0.368 e. The third kappa shape index (κ3) is 2.23. The van der Waals surface area contributed by atoms with Crippen molar-refractivity contribution in [2.75, 3.05) is 11.1 Å². The van der Waals surface area contributed by atoms with Gasteiger partial charge in [0.05, 0.1) is 6.04 Å². The first-order valence-electron chi connectivity index (χ1n) is 6.44. The van der Waals surface area contributed by atoms with E-state index in [2.05, 4.69) is 46.2 Å². The summed E-state index contributed by atoms with van der Waals surface area (Å²) in [5.74, 6) is 0.792. The Labute approximate surface area is 112 Å². The number of fused-ring (bicyclic) bond motifs is 1. The van der Waals surface area contributed by atoms with E-state index in [0.29, 0.717) is 5.95 Å². The summed E-state index contributed by atoms with van der Waals surface area (Å²) >= 11 is 0. The second-order valence-corrected chi connectivity index (χ2v) is 5.05. The number of hydrogen-bond acceptors (Lipinski definition) is 5. The van der Waals surface area contributed by atoms with E-state index in [9.17, 15) is 0 Å². The van der Waals surface area contributed by atoms with E-state index in [1.807, 2.05) is 0 Å². The summed E-state index contributed by atoms with van der Waals surface area (Å²) in [4.78, 5) is 12.0. The average molecular weight is 255 g/mol. The third-order valence-corrected chi connectivity index (χ3v) is 3.60. The van der Waals surface area contributed by atoms with Crippen molar-refractivity contribution in [3.05, 3.63) is 40.7 Å². The zero-order valence-corrected chi connectivity index (χ0v) is 11.1. The summed E-state index contributed by atoms with van der Waals surface area (Å²) in [6.45, 7) is 4.30. The lowest BCUT2D eigenvalue weighted by Crippen LogP contribution is -2.11. The molecule has 1 aromatic heterocycles. The highest BCUT2D eigenvalue weighted by molar-refractivity contribution is 5.46. The first-order chi connectivity index (χ1) is 9.13. The number of hydrogen-bond donors (Lipinski definition) is 2. The van der Waals surface area contributed by atoms with Crippen molar-refractivity contribution in [3.8, 4) is 0 Å². The van der Waals surface area contributed by atoms with Gasteiger partial charge in [0.25, 0.3) is 0 Å². The zero-order valence-electron chi connectivity index (χ0n) is 11.1. The third-order valence-electron chi connectivity index (χ3n) is 3.60. The summed E-state index contributed by atoms with van der Waals surface area (Å²) < 4.78 is 0. The van der Waals surface area contributed by atoms with Gasteiger partial charge in [-0.15, -0.1) is 0 Å². The van der Waals surface area contributed by atoms with Gasteiger partial charge in [0.1, 0.15) is 6.33 Å². The van der Waals surface area contributed by atoms with E-state index in [4.69, 9.17) is 5.73 Å². The highest BCUT2D eigenvalue weighted by Crippen LogP contribution is 2.35. The second-order valence-electron chi connectivity index (χ2n) is 5.05. The molecule has 0 radical (unpaired) electrons. The second kappa shape index (κ2) is 4.50. The summed E-state index contributed by atoms with van der Waals surface area (Å²) in [6.07, 6.45) is 3.59. The molecule has 1 aromatic carbocycles. The van der Waals surface area contributed by atoms with Crippen molar-refractivity contribution in [2.45, 2.75) is 32.7 Å². The molecule has 1 aliphatic rings. The molecule has 0 saturated heterocycles. The van der Waals surface area contributed by atoms with Crippen molar-refractivity contribution in [3.63, 3.8) is 0 Å². The van der Waals surface area contributed by atoms with E-state index < -0.39 is 0 Å². The standard InChI is InChI=1S/C14H17N5/c1-8-5-9(2)10-3-4-12(11(10)6-8)18-14-17-7-16-13(15)19-14/h5-7,12H,3-4H2,1-2H3,(H3,15,16,17,18,19)/t12-/m1/s1. The molecule has 1 heterocycles. The lowest BCUT2D eigenvalue weighted by molar-refractivity contribution is 0.749. The predicted molar refractivity (Wildman–Crippen MR) is 74.8 cm³/mol. The zero-order chi connectivity index (χ0) is 13.4. The van der Waals surface area contributed by atoms with Gasteiger partial charge < -0.3 is 11.1 Å². The fraction of sp³-hybridized carbons (Fsp3) is 0.357. The normalized spacial score (nSPS) is 17.3. The molecule has 0 unspecified atom stereocenters. The van der Waals surface area contributed by atoms with Gasteiger partial charge in [-0.25, -0.2) is 9.97 Å². The molecule has 0 aliphatic heterocycles. The molecule has 5 heteroatoms. The van der Waals surface area contributed by atoms with Crippen LogP contribution in [0.1, 0.15) is 34.7 Å². The fourth-order valence-corrected chi connectivity index (χ4v) is 2.81. The molecule has 0 spiro atoms. The van der Waals surface area contributed by atoms with Crippen LogP contribution in [0.3, 0.4) is 0 Å². The van der Waals surface area contributed by atoms with Gasteiger partial charge in [-0.2, -0.15) is 4.98 Å². The molecular weight excluding hydrogens is 238 g/mol. The van der Waals surface area contributed by atoms with Crippen LogP contribution in [0.25, 0.3) is 0 Å². The minimum atomic E-state index is 0.246. The Hall–Kier alpha value is -2.17. The van der Waals surface area contributed by atoms with Gasteiger partial charge >= 0.3 is 0 Å². The van der Waals surface area contributed by atoms with Crippen LogP contribution in [0.15, 0.2) is 18.5 Å². The maximum atomic E-state index is 5.57. The van der Waals surface area contributed by atoms with E-state index in [1.54, 1.807) is 0 Å². The number of nitrogens with zero attached hydrogens (tertiary/aromatic N) is 3. The fourth-order valence-electron chi connectivity index (χ4n) is 2.81. The molecule has 1 aliphatic carbocycles. The molecule has 19 heavy (non-hydrogen) atoms. The Bertz CT molecular complexity index is 623. The Balaban J connectivity index is 1.90. The summed E-state index contributed by atoms with van der Waals surface area (Å²) in [5, 5.41) is 3.35. The van der Waals surface area contributed by atoms with Crippen molar-refractivity contribution >= 4 is 11.9 Å². The highest BCUT2D eigenvalue weighted by Gasteiger charge is 2.24. The first-order valence-corrected chi connectivity index (χ1v) is 6.44. The molecule has 5 nitrogen and oxygen atoms in total. The van der Waals surface area contributed by atoms with E-state index in [-0.39, 0.29) is 12.0 Å². The molecule has 0 amide bonds. The van der Waals surface area contributed by atoms with E-state index >= 15 is 0 Å². The van der Waals surface area contributed by atoms with E-state index in [1.165, 1.54) is 28.6 Å². The molecule has 0 fully saturated rings. The number of nitrogen functional groups attached to an aromatic ring is 1. The van der Waals surface area contributed by atoms with Crippen molar-refractivity contribution in [1.29, 1.82) is 0 Å². The highest BCUT2D eigenvalue weighted by atomic mass is 15.2. The van der Waals surface area contributed by atoms with Crippen LogP contribution < -0.4 is 11.1 Å². The quantitative estimate of drug-likeness (QED) is 0.860. The van der Waals surface area contributed by atoms with Gasteiger partial charge in [0, 0.05) is 0 Å². The Kier molecular flexibility index (Phi) is 2.81. The lowest BCUT2D eigenvalue weighted by atomic mass is 10.00. The number of anilines is 2. The van der Waals surface area contributed by atoms with Crippen molar-refractivity contribution in [1.82, 2.24) is 15.0 Å². The maximum Gasteiger partial charge on any atom is 0.227 e. The summed E-state index contributed by atoms with van der Waals surface area (Å²) in [6, 6.07) is 4.75. The molecule has 3 N–H and O–H groups in total. The van der Waals surface area contributed by atoms with Crippen LogP contribution in [0.2, 0.25) is 0 Å². The molecule has 0 saturated carbocycles. The lowest BCUT2D eigenvalue weighted by Gasteiger charge is -2.15. The molecule has 3 rings (SSSR count). The van der Waals surface area contributed by atoms with Crippen LogP contribution in [0, 0.1) is 13.8 Å². The number of aromatic nitrogens is 3. The summed E-state index contributed by atoms with van der Waals surface area (Å²) in [5.41, 5.74) is 11.0. The van der Waals surface area contributed by atoms with Crippen molar-refractivity contribution in [2.24, 2.45) is 0 Å². The number of nitrogens with one attached hydrogen (secondary N) is 1. The molecule has 0 bridgehead atoms. The SMILES string of the molecule is Cc1cc(C)c2c(c1)[C@H](Nc1ncnc(N)n1)CC2. The Morgan fingerprint density at radius 3 is 2.89 bits per heavy atom. The van der Waals surface area contributed by atoms with E-state index in [0.717, 1.165) is 12.8 Å². The van der Waals surface area contributed by atoms with Crippen LogP contribution in [0.4, 0.5) is 11.9 Å². The predicted octanol–water partition coefficient (Wildman–Crippen LogP) is 2.17. The molecule has 98 valence electrons. The molecular formula is C14H17N5. The molecule has 1 atom stereocenters. The van der Waals surface area contributed by atoms with Crippen LogP contribution >= 0.6 is 0 Å². The van der Waals surface area contributed by atoms with Gasteiger partial charge in [-0.3, -0.25) is 0 Å². The van der Waals surface area contributed by atoms with Gasteiger partial charge in [0.2, 0.25) is 11.9 Å². The minimum absolute atomic E-state index is 0.246. The number of nitrogens with two attached hydrogens (primary N) is 1. The average Bonchev–Trinajstić information content (AvgIpc) is 2.73. The minimum Gasteiger partial charge on any atom is -0.368 e. The number of benzene rings is 1. The first kappa shape index (κ1) is 11.9. The Morgan fingerprint density at radius 1 is 1.26 bits per heavy atom. The molecule has 2 aromatic rings. The monoisotopic (exact) mass is 255 g/mol. The Morgan fingerprint density at radius 2 is 2.11 bits per heavy atom. The van der Waals surface area contributed by atoms with Crippen LogP contribution in [-0.2, 0) is 6.42 Å². The number of aryl methyl sites for hydroxylation is 2. The van der Waals surface area contributed by atoms with Crippen LogP contribution in [0.5, 0.6) is 0 Å². The topological polar surface area (TPSA) is 76.7 Å². The van der Waals surface area contributed by atoms with Gasteiger partial charge in [-0.05, 0) is 43.4 Å². The maximum absolute atomic E-state index is 5.57.